The number of ether oxygens (including phenoxy) is 2. The largest absolute Gasteiger partial charge is 0.497 e. The van der Waals surface area contributed by atoms with Gasteiger partial charge in [0.25, 0.3) is 0 Å². The van der Waals surface area contributed by atoms with Crippen LogP contribution in [0.1, 0.15) is 19.8 Å². The van der Waals surface area contributed by atoms with Crippen LogP contribution in [0, 0.1) is 0 Å². The molecule has 0 radical (unpaired) electrons. The minimum atomic E-state index is -0.894. The lowest BCUT2D eigenvalue weighted by Crippen LogP contribution is -2.45. The number of carbonyl (C=O) groups is 1. The van der Waals surface area contributed by atoms with Crippen LogP contribution < -0.4 is 10.5 Å². The fourth-order valence-electron chi connectivity index (χ4n) is 1.64. The molecule has 19 heavy (non-hydrogen) atoms. The van der Waals surface area contributed by atoms with E-state index in [9.17, 15) is 4.79 Å². The summed E-state index contributed by atoms with van der Waals surface area (Å²) in [5.41, 5.74) is 4.99. The number of methoxy groups -OCH3 is 2. The van der Waals surface area contributed by atoms with Gasteiger partial charge in [-0.05, 0) is 49.8 Å². The van der Waals surface area contributed by atoms with Crippen molar-refractivity contribution in [3.8, 4) is 5.75 Å². The molecule has 0 aromatic heterocycles. The molecule has 0 saturated carbocycles. The summed E-state index contributed by atoms with van der Waals surface area (Å²) in [6.45, 7) is 1.71. The Hall–Kier alpha value is -1.20. The monoisotopic (exact) mass is 283 g/mol. The van der Waals surface area contributed by atoms with Crippen LogP contribution in [0.4, 0.5) is 0 Å². The Bertz CT molecular complexity index is 404. The molecule has 1 rings (SSSR count). The second-order valence-electron chi connectivity index (χ2n) is 4.54. The Morgan fingerprint density at radius 1 is 1.32 bits per heavy atom. The van der Waals surface area contributed by atoms with Crippen molar-refractivity contribution >= 4 is 17.7 Å². The third kappa shape index (κ3) is 5.12. The van der Waals surface area contributed by atoms with Crippen molar-refractivity contribution in [3.63, 3.8) is 0 Å². The Morgan fingerprint density at radius 3 is 2.47 bits per heavy atom. The minimum absolute atomic E-state index is 0.359. The SMILES string of the molecule is COC(=O)C(C)(N)CCCSc1ccc(OC)cc1. The highest BCUT2D eigenvalue weighted by Gasteiger charge is 2.28. The molecule has 5 heteroatoms. The first kappa shape index (κ1) is 15.9. The first-order chi connectivity index (χ1) is 8.99. The zero-order chi connectivity index (χ0) is 14.3. The lowest BCUT2D eigenvalue weighted by molar-refractivity contribution is -0.146. The van der Waals surface area contributed by atoms with Gasteiger partial charge in [0.2, 0.25) is 0 Å². The molecule has 4 nitrogen and oxygen atoms in total. The van der Waals surface area contributed by atoms with E-state index in [1.807, 2.05) is 24.3 Å². The number of thioether (sulfide) groups is 1. The summed E-state index contributed by atoms with van der Waals surface area (Å²) in [5, 5.41) is 0. The number of nitrogens with two attached hydrogens (primary N) is 1. The van der Waals surface area contributed by atoms with Gasteiger partial charge in [0.1, 0.15) is 11.3 Å². The molecule has 2 N–H and O–H groups in total. The predicted octanol–water partition coefficient (Wildman–Crippen LogP) is 2.46. The molecule has 1 aromatic carbocycles. The van der Waals surface area contributed by atoms with Gasteiger partial charge in [0.05, 0.1) is 14.2 Å². The maximum absolute atomic E-state index is 11.4. The molecular weight excluding hydrogens is 262 g/mol. The van der Waals surface area contributed by atoms with Gasteiger partial charge in [-0.25, -0.2) is 0 Å². The van der Waals surface area contributed by atoms with Gasteiger partial charge < -0.3 is 15.2 Å². The van der Waals surface area contributed by atoms with Crippen LogP contribution in [0.15, 0.2) is 29.2 Å². The van der Waals surface area contributed by atoms with E-state index < -0.39 is 5.54 Å². The summed E-state index contributed by atoms with van der Waals surface area (Å²) < 4.78 is 9.77. The Morgan fingerprint density at radius 2 is 1.95 bits per heavy atom. The van der Waals surface area contributed by atoms with Gasteiger partial charge >= 0.3 is 5.97 Å². The third-order valence-electron chi connectivity index (χ3n) is 2.82. The molecule has 1 atom stereocenters. The average molecular weight is 283 g/mol. The van der Waals surface area contributed by atoms with E-state index in [1.165, 1.54) is 12.0 Å². The van der Waals surface area contributed by atoms with Crippen molar-refractivity contribution in [2.75, 3.05) is 20.0 Å². The molecule has 0 spiro atoms. The predicted molar refractivity (Wildman–Crippen MR) is 77.6 cm³/mol. The molecule has 0 amide bonds. The molecule has 0 aliphatic rings. The zero-order valence-electron chi connectivity index (χ0n) is 11.6. The highest BCUT2D eigenvalue weighted by molar-refractivity contribution is 7.99. The fraction of sp³-hybridized carbons (Fsp3) is 0.500. The number of rotatable bonds is 7. The molecule has 0 fully saturated rings. The fourth-order valence-corrected chi connectivity index (χ4v) is 2.49. The molecule has 1 unspecified atom stereocenters. The molecule has 0 aliphatic carbocycles. The summed E-state index contributed by atoms with van der Waals surface area (Å²) in [5.74, 6) is 1.40. The molecule has 0 aliphatic heterocycles. The lowest BCUT2D eigenvalue weighted by Gasteiger charge is -2.20. The summed E-state index contributed by atoms with van der Waals surface area (Å²) in [6, 6.07) is 7.91. The highest BCUT2D eigenvalue weighted by atomic mass is 32.2. The topological polar surface area (TPSA) is 61.5 Å². The summed E-state index contributed by atoms with van der Waals surface area (Å²) >= 11 is 1.74. The molecular formula is C14H21NO3S. The second kappa shape index (κ2) is 7.40. The van der Waals surface area contributed by atoms with Crippen LogP contribution in [0.25, 0.3) is 0 Å². The van der Waals surface area contributed by atoms with Crippen LogP contribution in [-0.4, -0.2) is 31.5 Å². The Kier molecular flexibility index (Phi) is 6.18. The van der Waals surface area contributed by atoms with Crippen LogP contribution in [-0.2, 0) is 9.53 Å². The smallest absolute Gasteiger partial charge is 0.325 e. The van der Waals surface area contributed by atoms with Crippen molar-refractivity contribution in [1.82, 2.24) is 0 Å². The summed E-state index contributed by atoms with van der Waals surface area (Å²) in [7, 11) is 3.01. The van der Waals surface area contributed by atoms with E-state index >= 15 is 0 Å². The molecule has 0 bridgehead atoms. The van der Waals surface area contributed by atoms with E-state index in [2.05, 4.69) is 4.74 Å². The molecule has 106 valence electrons. The van der Waals surface area contributed by atoms with Crippen LogP contribution in [0.2, 0.25) is 0 Å². The highest BCUT2D eigenvalue weighted by Crippen LogP contribution is 2.23. The van der Waals surface area contributed by atoms with Crippen molar-refractivity contribution in [3.05, 3.63) is 24.3 Å². The van der Waals surface area contributed by atoms with Crippen molar-refractivity contribution < 1.29 is 14.3 Å². The minimum Gasteiger partial charge on any atom is -0.497 e. The zero-order valence-corrected chi connectivity index (χ0v) is 12.5. The first-order valence-electron chi connectivity index (χ1n) is 6.14. The van der Waals surface area contributed by atoms with E-state index in [-0.39, 0.29) is 5.97 Å². The van der Waals surface area contributed by atoms with Crippen LogP contribution in [0.5, 0.6) is 5.75 Å². The normalized spacial score (nSPS) is 13.7. The maximum atomic E-state index is 11.4. The van der Waals surface area contributed by atoms with Crippen molar-refractivity contribution in [1.29, 1.82) is 0 Å². The van der Waals surface area contributed by atoms with Crippen molar-refractivity contribution in [2.45, 2.75) is 30.2 Å². The van der Waals surface area contributed by atoms with E-state index in [1.54, 1.807) is 25.8 Å². The third-order valence-corrected chi connectivity index (χ3v) is 3.92. The number of hydrogen-bond acceptors (Lipinski definition) is 5. The van der Waals surface area contributed by atoms with E-state index in [0.717, 1.165) is 17.9 Å². The Balaban J connectivity index is 2.32. The van der Waals surface area contributed by atoms with E-state index in [0.29, 0.717) is 6.42 Å². The maximum Gasteiger partial charge on any atom is 0.325 e. The number of hydrogen-bond donors (Lipinski definition) is 1. The lowest BCUT2D eigenvalue weighted by atomic mass is 9.98. The van der Waals surface area contributed by atoms with Gasteiger partial charge in [0.15, 0.2) is 0 Å². The van der Waals surface area contributed by atoms with Crippen molar-refractivity contribution in [2.24, 2.45) is 5.73 Å². The van der Waals surface area contributed by atoms with Gasteiger partial charge in [-0.15, -0.1) is 11.8 Å². The van der Waals surface area contributed by atoms with Gasteiger partial charge in [-0.2, -0.15) is 0 Å². The molecule has 0 saturated heterocycles. The number of benzene rings is 1. The summed E-state index contributed by atoms with van der Waals surface area (Å²) in [4.78, 5) is 12.6. The van der Waals surface area contributed by atoms with Gasteiger partial charge in [0, 0.05) is 4.90 Å². The standard InChI is InChI=1S/C14H21NO3S/c1-14(15,13(16)18-3)9-4-10-19-12-7-5-11(17-2)6-8-12/h5-8H,4,9-10,15H2,1-3H3. The summed E-state index contributed by atoms with van der Waals surface area (Å²) in [6.07, 6.45) is 1.47. The Labute approximate surface area is 118 Å². The average Bonchev–Trinajstić information content (AvgIpc) is 2.43. The second-order valence-corrected chi connectivity index (χ2v) is 5.70. The van der Waals surface area contributed by atoms with Gasteiger partial charge in [-0.1, -0.05) is 0 Å². The van der Waals surface area contributed by atoms with E-state index in [4.69, 9.17) is 10.5 Å². The molecule has 1 aromatic rings. The quantitative estimate of drug-likeness (QED) is 0.473. The van der Waals surface area contributed by atoms with Gasteiger partial charge in [-0.3, -0.25) is 4.79 Å². The number of carbonyl (C=O) groups excluding carboxylic acids is 1. The first-order valence-corrected chi connectivity index (χ1v) is 7.12. The molecule has 0 heterocycles. The number of esters is 1. The van der Waals surface area contributed by atoms with Crippen LogP contribution in [0.3, 0.4) is 0 Å². The van der Waals surface area contributed by atoms with Crippen LogP contribution >= 0.6 is 11.8 Å².